The zero-order valence-corrected chi connectivity index (χ0v) is 15.6. The molecular weight excluding hydrogens is 374 g/mol. The number of aromatic nitrogens is 4. The second-order valence-corrected chi connectivity index (χ2v) is 6.24. The molecule has 0 aliphatic heterocycles. The van der Waals surface area contributed by atoms with Crippen molar-refractivity contribution in [1.82, 2.24) is 19.5 Å². The van der Waals surface area contributed by atoms with Gasteiger partial charge in [-0.25, -0.2) is 14.8 Å². The van der Waals surface area contributed by atoms with Gasteiger partial charge in [-0.05, 0) is 30.7 Å². The number of H-pyrrole nitrogens is 1. The summed E-state index contributed by atoms with van der Waals surface area (Å²) in [5, 5.41) is 12.0. The van der Waals surface area contributed by atoms with Crippen molar-refractivity contribution >= 4 is 11.7 Å². The van der Waals surface area contributed by atoms with Gasteiger partial charge in [-0.2, -0.15) is 0 Å². The minimum atomic E-state index is -0.270. The largest absolute Gasteiger partial charge is 0.491 e. The van der Waals surface area contributed by atoms with Crippen molar-refractivity contribution in [2.24, 2.45) is 0 Å². The van der Waals surface area contributed by atoms with Crippen molar-refractivity contribution in [3.8, 4) is 22.9 Å². The number of rotatable bonds is 7. The lowest BCUT2D eigenvalue weighted by Gasteiger charge is -2.10. The van der Waals surface area contributed by atoms with Crippen molar-refractivity contribution in [3.05, 3.63) is 71.2 Å². The highest BCUT2D eigenvalue weighted by Gasteiger charge is 2.11. The number of aromatic amines is 1. The molecule has 0 radical (unpaired) electrons. The standard InChI is InChI=1S/C20H19N5O4/c1-13-2-3-15(28-9-8-26)11-16(13)24-19-23-12-17(29-19)14-4-5-21-18(10-14)25-7-6-22-20(25)27/h2-7,10-12,26H,8-9H2,1H3,(H,22,27)(H,23,24). The smallest absolute Gasteiger partial charge is 0.331 e. The number of benzene rings is 1. The van der Waals surface area contributed by atoms with E-state index in [2.05, 4.69) is 20.3 Å². The zero-order valence-electron chi connectivity index (χ0n) is 15.6. The molecule has 0 aliphatic rings. The Morgan fingerprint density at radius 1 is 1.28 bits per heavy atom. The van der Waals surface area contributed by atoms with E-state index < -0.39 is 0 Å². The minimum Gasteiger partial charge on any atom is -0.491 e. The summed E-state index contributed by atoms with van der Waals surface area (Å²) >= 11 is 0. The predicted molar refractivity (Wildman–Crippen MR) is 107 cm³/mol. The highest BCUT2D eigenvalue weighted by atomic mass is 16.5. The van der Waals surface area contributed by atoms with E-state index in [-0.39, 0.29) is 18.9 Å². The fourth-order valence-corrected chi connectivity index (χ4v) is 2.77. The van der Waals surface area contributed by atoms with Gasteiger partial charge in [0.15, 0.2) is 5.76 Å². The van der Waals surface area contributed by atoms with Gasteiger partial charge in [-0.3, -0.25) is 4.57 Å². The number of imidazole rings is 1. The van der Waals surface area contributed by atoms with Crippen LogP contribution in [0.1, 0.15) is 5.56 Å². The highest BCUT2D eigenvalue weighted by molar-refractivity contribution is 5.63. The van der Waals surface area contributed by atoms with Gasteiger partial charge < -0.3 is 24.6 Å². The Kier molecular flexibility index (Phi) is 5.12. The number of hydrogen-bond acceptors (Lipinski definition) is 7. The van der Waals surface area contributed by atoms with Gasteiger partial charge in [0.25, 0.3) is 6.01 Å². The normalized spacial score (nSPS) is 10.8. The summed E-state index contributed by atoms with van der Waals surface area (Å²) in [6.45, 7) is 2.12. The molecule has 1 aromatic carbocycles. The van der Waals surface area contributed by atoms with Crippen LogP contribution in [0, 0.1) is 6.92 Å². The third-order valence-corrected chi connectivity index (χ3v) is 4.24. The maximum atomic E-state index is 11.8. The number of aliphatic hydroxyl groups is 1. The Morgan fingerprint density at radius 2 is 2.17 bits per heavy atom. The highest BCUT2D eigenvalue weighted by Crippen LogP contribution is 2.28. The first kappa shape index (κ1) is 18.5. The molecule has 0 aliphatic carbocycles. The number of aryl methyl sites for hydroxylation is 1. The van der Waals surface area contributed by atoms with Gasteiger partial charge in [-0.1, -0.05) is 6.07 Å². The summed E-state index contributed by atoms with van der Waals surface area (Å²) in [7, 11) is 0. The molecule has 4 rings (SSSR count). The molecular formula is C20H19N5O4. The Hall–Kier alpha value is -3.85. The lowest BCUT2D eigenvalue weighted by atomic mass is 10.2. The Balaban J connectivity index is 1.57. The SMILES string of the molecule is Cc1ccc(OCCO)cc1Nc1ncc(-c2ccnc(-n3cc[nH]c3=O)c2)o1. The fraction of sp³-hybridized carbons (Fsp3) is 0.150. The van der Waals surface area contributed by atoms with E-state index in [1.165, 1.54) is 4.57 Å². The van der Waals surface area contributed by atoms with Gasteiger partial charge >= 0.3 is 5.69 Å². The van der Waals surface area contributed by atoms with Crippen molar-refractivity contribution < 1.29 is 14.3 Å². The zero-order chi connectivity index (χ0) is 20.2. The minimum absolute atomic E-state index is 0.0530. The monoisotopic (exact) mass is 393 g/mol. The number of hydrogen-bond donors (Lipinski definition) is 3. The van der Waals surface area contributed by atoms with Crippen LogP contribution in [-0.2, 0) is 0 Å². The van der Waals surface area contributed by atoms with Crippen LogP contribution in [0.2, 0.25) is 0 Å². The van der Waals surface area contributed by atoms with Crippen LogP contribution in [0.25, 0.3) is 17.1 Å². The van der Waals surface area contributed by atoms with Crippen LogP contribution >= 0.6 is 0 Å². The quantitative estimate of drug-likeness (QED) is 0.442. The van der Waals surface area contributed by atoms with Crippen LogP contribution in [0.4, 0.5) is 11.7 Å². The van der Waals surface area contributed by atoms with E-state index in [1.807, 2.05) is 25.1 Å². The number of pyridine rings is 1. The molecule has 3 aromatic heterocycles. The molecule has 3 heterocycles. The van der Waals surface area contributed by atoms with Crippen molar-refractivity contribution in [3.63, 3.8) is 0 Å². The summed E-state index contributed by atoms with van der Waals surface area (Å²) in [6.07, 6.45) is 6.36. The third-order valence-electron chi connectivity index (χ3n) is 4.24. The van der Waals surface area contributed by atoms with Gasteiger partial charge in [0.05, 0.1) is 12.8 Å². The molecule has 9 heteroatoms. The van der Waals surface area contributed by atoms with Gasteiger partial charge in [0.1, 0.15) is 18.2 Å². The number of anilines is 2. The molecule has 0 saturated heterocycles. The second-order valence-electron chi connectivity index (χ2n) is 6.24. The maximum Gasteiger partial charge on any atom is 0.331 e. The molecule has 0 amide bonds. The van der Waals surface area contributed by atoms with Crippen molar-refractivity contribution in [2.75, 3.05) is 18.5 Å². The topological polar surface area (TPSA) is 118 Å². The molecule has 3 N–H and O–H groups in total. The Morgan fingerprint density at radius 3 is 2.97 bits per heavy atom. The lowest BCUT2D eigenvalue weighted by molar-refractivity contribution is 0.201. The average Bonchev–Trinajstić information content (AvgIpc) is 3.38. The molecule has 4 aromatic rings. The Labute approximate surface area is 165 Å². The molecule has 9 nitrogen and oxygen atoms in total. The number of nitrogens with one attached hydrogen (secondary N) is 2. The van der Waals surface area contributed by atoms with E-state index in [4.69, 9.17) is 14.3 Å². The summed E-state index contributed by atoms with van der Waals surface area (Å²) in [5.74, 6) is 1.64. The summed E-state index contributed by atoms with van der Waals surface area (Å²) in [6, 6.07) is 9.40. The van der Waals surface area contributed by atoms with Crippen molar-refractivity contribution in [2.45, 2.75) is 6.92 Å². The first-order chi connectivity index (χ1) is 14.1. The molecule has 0 atom stereocenters. The summed E-state index contributed by atoms with van der Waals surface area (Å²) in [4.78, 5) is 22.9. The molecule has 0 unspecified atom stereocenters. The summed E-state index contributed by atoms with van der Waals surface area (Å²) in [5.41, 5.74) is 2.23. The first-order valence-electron chi connectivity index (χ1n) is 8.94. The molecule has 0 bridgehead atoms. The van der Waals surface area contributed by atoms with Gasteiger partial charge in [0, 0.05) is 35.9 Å². The van der Waals surface area contributed by atoms with E-state index in [0.717, 1.165) is 16.8 Å². The van der Waals surface area contributed by atoms with Gasteiger partial charge in [-0.15, -0.1) is 0 Å². The van der Waals surface area contributed by atoms with E-state index in [0.29, 0.717) is 23.3 Å². The second kappa shape index (κ2) is 8.03. The first-order valence-corrected chi connectivity index (χ1v) is 8.94. The van der Waals surface area contributed by atoms with Crippen LogP contribution in [0.15, 0.2) is 64.3 Å². The number of oxazole rings is 1. The van der Waals surface area contributed by atoms with Crippen LogP contribution in [-0.4, -0.2) is 37.8 Å². The van der Waals surface area contributed by atoms with Crippen molar-refractivity contribution in [1.29, 1.82) is 0 Å². The predicted octanol–water partition coefficient (Wildman–Crippen LogP) is 2.64. The Bertz CT molecular complexity index is 1180. The van der Waals surface area contributed by atoms with E-state index in [1.54, 1.807) is 36.9 Å². The van der Waals surface area contributed by atoms with Crippen LogP contribution < -0.4 is 15.7 Å². The van der Waals surface area contributed by atoms with E-state index in [9.17, 15) is 4.79 Å². The van der Waals surface area contributed by atoms with E-state index >= 15 is 0 Å². The lowest BCUT2D eigenvalue weighted by Crippen LogP contribution is -2.15. The third kappa shape index (κ3) is 4.04. The van der Waals surface area contributed by atoms with Crippen LogP contribution in [0.3, 0.4) is 0 Å². The van der Waals surface area contributed by atoms with Gasteiger partial charge in [0.2, 0.25) is 0 Å². The van der Waals surface area contributed by atoms with Crippen LogP contribution in [0.5, 0.6) is 5.75 Å². The average molecular weight is 393 g/mol. The molecule has 0 saturated carbocycles. The molecule has 0 spiro atoms. The number of ether oxygens (including phenoxy) is 1. The fourth-order valence-electron chi connectivity index (χ4n) is 2.77. The maximum absolute atomic E-state index is 11.8. The molecule has 0 fully saturated rings. The molecule has 148 valence electrons. The number of aliphatic hydroxyl groups excluding tert-OH is 1. The number of nitrogens with zero attached hydrogens (tertiary/aromatic N) is 3. The molecule has 29 heavy (non-hydrogen) atoms. The summed E-state index contributed by atoms with van der Waals surface area (Å²) < 4.78 is 12.7.